The van der Waals surface area contributed by atoms with Gasteiger partial charge in [-0.05, 0) is 49.3 Å². The van der Waals surface area contributed by atoms with Crippen LogP contribution in [0.4, 0.5) is 0 Å². The monoisotopic (exact) mass is 259 g/mol. The van der Waals surface area contributed by atoms with Crippen molar-refractivity contribution in [1.29, 1.82) is 0 Å². The van der Waals surface area contributed by atoms with Gasteiger partial charge in [0.1, 0.15) is 0 Å². The fourth-order valence-electron chi connectivity index (χ4n) is 1.86. The number of nitrogens with zero attached hydrogens (tertiary/aromatic N) is 1. The molecule has 0 saturated heterocycles. The Morgan fingerprint density at radius 2 is 2.11 bits per heavy atom. The Labute approximate surface area is 113 Å². The van der Waals surface area contributed by atoms with Crippen LogP contribution in [0.3, 0.4) is 0 Å². The summed E-state index contributed by atoms with van der Waals surface area (Å²) in [5, 5.41) is 0. The number of carbonyl (C=O) groups excluding carboxylic acids is 1. The van der Waals surface area contributed by atoms with E-state index in [1.165, 1.54) is 12.8 Å². The minimum absolute atomic E-state index is 0.0486. The molecule has 1 aliphatic carbocycles. The van der Waals surface area contributed by atoms with Crippen LogP contribution in [-0.4, -0.2) is 30.2 Å². The lowest BCUT2D eigenvalue weighted by molar-refractivity contribution is 0.0769. The van der Waals surface area contributed by atoms with Crippen molar-refractivity contribution in [2.75, 3.05) is 19.3 Å². The highest BCUT2D eigenvalue weighted by Crippen LogP contribution is 2.30. The zero-order valence-electron chi connectivity index (χ0n) is 10.6. The number of amides is 1. The topological polar surface area (TPSA) is 20.3 Å². The van der Waals surface area contributed by atoms with Crippen molar-refractivity contribution in [2.24, 2.45) is 5.92 Å². The van der Waals surface area contributed by atoms with E-state index in [4.69, 9.17) is 6.42 Å². The van der Waals surface area contributed by atoms with Gasteiger partial charge in [0.25, 0.3) is 5.91 Å². The molecular formula is C15H17NOS. The third-order valence-corrected chi connectivity index (χ3v) is 3.83. The van der Waals surface area contributed by atoms with Gasteiger partial charge in [0, 0.05) is 17.0 Å². The number of carbonyl (C=O) groups is 1. The first-order valence-corrected chi connectivity index (χ1v) is 7.34. The van der Waals surface area contributed by atoms with Gasteiger partial charge in [-0.2, -0.15) is 0 Å². The quantitative estimate of drug-likeness (QED) is 0.598. The van der Waals surface area contributed by atoms with Gasteiger partial charge in [0.05, 0.1) is 6.54 Å². The summed E-state index contributed by atoms with van der Waals surface area (Å²) in [6.45, 7) is 1.20. The molecular weight excluding hydrogens is 242 g/mol. The Bertz CT molecular complexity index is 456. The van der Waals surface area contributed by atoms with Gasteiger partial charge >= 0.3 is 0 Å². The van der Waals surface area contributed by atoms with E-state index < -0.39 is 0 Å². The summed E-state index contributed by atoms with van der Waals surface area (Å²) in [5.41, 5.74) is 0.726. The van der Waals surface area contributed by atoms with Gasteiger partial charge in [-0.1, -0.05) is 5.92 Å². The highest BCUT2D eigenvalue weighted by atomic mass is 32.2. The second kappa shape index (κ2) is 5.97. The van der Waals surface area contributed by atoms with Crippen LogP contribution >= 0.6 is 11.8 Å². The molecule has 0 atom stereocenters. The molecule has 1 amide bonds. The minimum atomic E-state index is 0.0486. The fraction of sp³-hybridized carbons (Fsp3) is 0.400. The summed E-state index contributed by atoms with van der Waals surface area (Å²) < 4.78 is 0. The Morgan fingerprint density at radius 3 is 2.61 bits per heavy atom. The largest absolute Gasteiger partial charge is 0.327 e. The second-order valence-corrected chi connectivity index (χ2v) is 5.44. The van der Waals surface area contributed by atoms with Crippen molar-refractivity contribution < 1.29 is 4.79 Å². The Kier molecular flexibility index (Phi) is 4.33. The molecule has 2 rings (SSSR count). The smallest absolute Gasteiger partial charge is 0.254 e. The van der Waals surface area contributed by atoms with E-state index in [2.05, 4.69) is 5.92 Å². The number of hydrogen-bond donors (Lipinski definition) is 0. The maximum Gasteiger partial charge on any atom is 0.254 e. The fourth-order valence-corrected chi connectivity index (χ4v) is 2.27. The molecule has 1 fully saturated rings. The molecule has 2 nitrogen and oxygen atoms in total. The summed E-state index contributed by atoms with van der Waals surface area (Å²) in [6.07, 6.45) is 9.81. The average Bonchev–Trinajstić information content (AvgIpc) is 3.21. The molecule has 1 aromatic rings. The predicted octanol–water partition coefficient (Wildman–Crippen LogP) is 2.89. The van der Waals surface area contributed by atoms with Crippen LogP contribution in [0, 0.1) is 18.3 Å². The van der Waals surface area contributed by atoms with E-state index in [1.54, 1.807) is 16.7 Å². The maximum absolute atomic E-state index is 12.3. The van der Waals surface area contributed by atoms with E-state index in [-0.39, 0.29) is 5.91 Å². The molecule has 0 aliphatic heterocycles. The molecule has 0 heterocycles. The molecule has 1 aromatic carbocycles. The van der Waals surface area contributed by atoms with Gasteiger partial charge in [0.2, 0.25) is 0 Å². The van der Waals surface area contributed by atoms with Gasteiger partial charge in [-0.15, -0.1) is 18.2 Å². The SMILES string of the molecule is C#CCN(CC1CC1)C(=O)c1ccc(SC)cc1. The summed E-state index contributed by atoms with van der Waals surface area (Å²) in [6, 6.07) is 7.71. The minimum Gasteiger partial charge on any atom is -0.327 e. The summed E-state index contributed by atoms with van der Waals surface area (Å²) in [4.78, 5) is 15.3. The van der Waals surface area contributed by atoms with Crippen LogP contribution in [0.25, 0.3) is 0 Å². The van der Waals surface area contributed by atoms with E-state index >= 15 is 0 Å². The van der Waals surface area contributed by atoms with Crippen molar-refractivity contribution in [3.8, 4) is 12.3 Å². The zero-order valence-corrected chi connectivity index (χ0v) is 11.4. The first kappa shape index (κ1) is 13.0. The molecule has 1 aliphatic rings. The lowest BCUT2D eigenvalue weighted by Crippen LogP contribution is -2.33. The first-order valence-electron chi connectivity index (χ1n) is 6.11. The van der Waals surface area contributed by atoms with Gasteiger partial charge < -0.3 is 4.90 Å². The van der Waals surface area contributed by atoms with Crippen LogP contribution in [0.1, 0.15) is 23.2 Å². The molecule has 0 N–H and O–H groups in total. The summed E-state index contributed by atoms with van der Waals surface area (Å²) >= 11 is 1.67. The predicted molar refractivity (Wildman–Crippen MR) is 75.7 cm³/mol. The zero-order chi connectivity index (χ0) is 13.0. The molecule has 0 bridgehead atoms. The lowest BCUT2D eigenvalue weighted by atomic mass is 10.2. The Morgan fingerprint density at radius 1 is 1.44 bits per heavy atom. The highest BCUT2D eigenvalue weighted by molar-refractivity contribution is 7.98. The van der Waals surface area contributed by atoms with Gasteiger partial charge in [0.15, 0.2) is 0 Å². The average molecular weight is 259 g/mol. The number of benzene rings is 1. The molecule has 18 heavy (non-hydrogen) atoms. The third-order valence-electron chi connectivity index (χ3n) is 3.08. The van der Waals surface area contributed by atoms with Gasteiger partial charge in [-0.3, -0.25) is 4.79 Å². The third kappa shape index (κ3) is 3.30. The maximum atomic E-state index is 12.3. The molecule has 0 spiro atoms. The number of rotatable bonds is 5. The molecule has 0 radical (unpaired) electrons. The summed E-state index contributed by atoms with van der Waals surface area (Å²) in [5.74, 6) is 3.28. The standard InChI is InChI=1S/C15H17NOS/c1-3-10-16(11-12-4-5-12)15(17)13-6-8-14(18-2)9-7-13/h1,6-9,12H,4-5,10-11H2,2H3. The molecule has 1 saturated carbocycles. The van der Waals surface area contributed by atoms with Crippen molar-refractivity contribution in [3.63, 3.8) is 0 Å². The molecule has 3 heteroatoms. The van der Waals surface area contributed by atoms with Crippen molar-refractivity contribution in [1.82, 2.24) is 4.90 Å². The molecule has 0 unspecified atom stereocenters. The van der Waals surface area contributed by atoms with E-state index in [0.29, 0.717) is 12.5 Å². The molecule has 94 valence electrons. The van der Waals surface area contributed by atoms with E-state index in [9.17, 15) is 4.79 Å². The lowest BCUT2D eigenvalue weighted by Gasteiger charge is -2.20. The highest BCUT2D eigenvalue weighted by Gasteiger charge is 2.26. The Hall–Kier alpha value is -1.40. The van der Waals surface area contributed by atoms with Crippen LogP contribution in [-0.2, 0) is 0 Å². The number of terminal acetylenes is 1. The van der Waals surface area contributed by atoms with Crippen molar-refractivity contribution in [3.05, 3.63) is 29.8 Å². The van der Waals surface area contributed by atoms with Crippen LogP contribution in [0.5, 0.6) is 0 Å². The Balaban J connectivity index is 2.08. The van der Waals surface area contributed by atoms with E-state index in [1.807, 2.05) is 30.5 Å². The normalized spacial score (nSPS) is 14.0. The van der Waals surface area contributed by atoms with E-state index in [0.717, 1.165) is 17.0 Å². The van der Waals surface area contributed by atoms with Crippen molar-refractivity contribution >= 4 is 17.7 Å². The van der Waals surface area contributed by atoms with Crippen LogP contribution in [0.2, 0.25) is 0 Å². The second-order valence-electron chi connectivity index (χ2n) is 4.56. The first-order chi connectivity index (χ1) is 8.74. The number of thioether (sulfide) groups is 1. The van der Waals surface area contributed by atoms with Crippen LogP contribution < -0.4 is 0 Å². The summed E-state index contributed by atoms with van der Waals surface area (Å²) in [7, 11) is 0. The van der Waals surface area contributed by atoms with Crippen molar-refractivity contribution in [2.45, 2.75) is 17.7 Å². The molecule has 0 aromatic heterocycles. The van der Waals surface area contributed by atoms with Crippen LogP contribution in [0.15, 0.2) is 29.2 Å². The van der Waals surface area contributed by atoms with Gasteiger partial charge in [-0.25, -0.2) is 0 Å². The number of hydrogen-bond acceptors (Lipinski definition) is 2.